The second-order valence-corrected chi connectivity index (χ2v) is 3.53. The summed E-state index contributed by atoms with van der Waals surface area (Å²) in [4.78, 5) is 10.6. The van der Waals surface area contributed by atoms with Crippen molar-refractivity contribution in [2.75, 3.05) is 19.8 Å². The van der Waals surface area contributed by atoms with E-state index in [9.17, 15) is 4.79 Å². The van der Waals surface area contributed by atoms with Gasteiger partial charge in [-0.3, -0.25) is 4.79 Å². The molecule has 2 unspecified atom stereocenters. The molecule has 82 valence electrons. The van der Waals surface area contributed by atoms with Crippen molar-refractivity contribution in [2.45, 2.75) is 31.4 Å². The predicted molar refractivity (Wildman–Crippen MR) is 51.6 cm³/mol. The molecule has 1 aliphatic heterocycles. The molecular formula is C9H18N2O3. The highest BCUT2D eigenvalue weighted by atomic mass is 16.5. The van der Waals surface area contributed by atoms with Crippen LogP contribution in [0, 0.1) is 0 Å². The first kappa shape index (κ1) is 11.4. The van der Waals surface area contributed by atoms with E-state index >= 15 is 0 Å². The van der Waals surface area contributed by atoms with Crippen LogP contribution in [0.4, 0.5) is 0 Å². The summed E-state index contributed by atoms with van der Waals surface area (Å²) in [6.45, 7) is 1.48. The van der Waals surface area contributed by atoms with Crippen LogP contribution < -0.4 is 11.5 Å². The van der Waals surface area contributed by atoms with Crippen molar-refractivity contribution < 1.29 is 14.3 Å². The van der Waals surface area contributed by atoms with Crippen molar-refractivity contribution >= 4 is 5.91 Å². The Bertz CT molecular complexity index is 181. The topological polar surface area (TPSA) is 87.6 Å². The van der Waals surface area contributed by atoms with Crippen LogP contribution in [0.5, 0.6) is 0 Å². The fourth-order valence-corrected chi connectivity index (χ4v) is 1.35. The van der Waals surface area contributed by atoms with Crippen LogP contribution in [-0.4, -0.2) is 37.9 Å². The van der Waals surface area contributed by atoms with E-state index in [0.717, 1.165) is 19.4 Å². The number of amides is 1. The molecule has 4 N–H and O–H groups in total. The molecule has 0 bridgehead atoms. The highest BCUT2D eigenvalue weighted by Crippen LogP contribution is 2.12. The minimum atomic E-state index is -0.710. The summed E-state index contributed by atoms with van der Waals surface area (Å²) in [5.74, 6) is -0.533. The van der Waals surface area contributed by atoms with Gasteiger partial charge in [-0.25, -0.2) is 0 Å². The van der Waals surface area contributed by atoms with Crippen molar-refractivity contribution in [3.63, 3.8) is 0 Å². The van der Waals surface area contributed by atoms with E-state index in [0.29, 0.717) is 6.61 Å². The van der Waals surface area contributed by atoms with Gasteiger partial charge >= 0.3 is 0 Å². The van der Waals surface area contributed by atoms with Crippen molar-refractivity contribution in [1.82, 2.24) is 0 Å². The van der Waals surface area contributed by atoms with Gasteiger partial charge in [0.2, 0.25) is 5.91 Å². The van der Waals surface area contributed by atoms with Gasteiger partial charge in [-0.15, -0.1) is 0 Å². The van der Waals surface area contributed by atoms with Gasteiger partial charge in [-0.05, 0) is 19.3 Å². The van der Waals surface area contributed by atoms with Crippen molar-refractivity contribution in [3.05, 3.63) is 0 Å². The summed E-state index contributed by atoms with van der Waals surface area (Å²) in [6.07, 6.45) is 3.47. The maximum Gasteiger partial charge on any atom is 0.236 e. The molecule has 1 aliphatic rings. The lowest BCUT2D eigenvalue weighted by Gasteiger charge is -2.22. The minimum Gasteiger partial charge on any atom is -0.377 e. The molecule has 0 aromatic heterocycles. The molecule has 14 heavy (non-hydrogen) atoms. The molecule has 0 spiro atoms. The third kappa shape index (κ3) is 4.04. The maximum absolute atomic E-state index is 10.6. The van der Waals surface area contributed by atoms with Gasteiger partial charge in [0.15, 0.2) is 0 Å². The van der Waals surface area contributed by atoms with Crippen molar-refractivity contribution in [1.29, 1.82) is 0 Å². The Hall–Kier alpha value is -0.650. The van der Waals surface area contributed by atoms with Crippen LogP contribution in [0.15, 0.2) is 0 Å². The molecule has 2 atom stereocenters. The lowest BCUT2D eigenvalue weighted by atomic mass is 10.1. The first-order chi connectivity index (χ1) is 6.70. The van der Waals surface area contributed by atoms with E-state index in [1.807, 2.05) is 0 Å². The predicted octanol–water partition coefficient (Wildman–Crippen LogP) is -0.615. The van der Waals surface area contributed by atoms with E-state index in [4.69, 9.17) is 20.9 Å². The Balaban J connectivity index is 2.05. The fourth-order valence-electron chi connectivity index (χ4n) is 1.35. The summed E-state index contributed by atoms with van der Waals surface area (Å²) < 4.78 is 10.7. The maximum atomic E-state index is 10.6. The molecule has 1 rings (SSSR count). The standard InChI is InChI=1S/C9H18N2O3/c10-8(9(11)12)6-13-5-7-3-1-2-4-14-7/h7-8H,1-6,10H2,(H2,11,12). The number of carbonyl (C=O) groups is 1. The molecular weight excluding hydrogens is 184 g/mol. The van der Waals surface area contributed by atoms with Gasteiger partial charge in [-0.2, -0.15) is 0 Å². The SMILES string of the molecule is NC(=O)C(N)COCC1CCCCO1. The van der Waals surface area contributed by atoms with E-state index in [-0.39, 0.29) is 12.7 Å². The smallest absolute Gasteiger partial charge is 0.236 e. The van der Waals surface area contributed by atoms with Crippen LogP contribution in [0.2, 0.25) is 0 Å². The largest absolute Gasteiger partial charge is 0.377 e. The Labute approximate surface area is 83.7 Å². The lowest BCUT2D eigenvalue weighted by molar-refractivity contribution is -0.121. The Morgan fingerprint density at radius 1 is 1.57 bits per heavy atom. The van der Waals surface area contributed by atoms with E-state index in [1.165, 1.54) is 6.42 Å². The third-order valence-corrected chi connectivity index (χ3v) is 2.24. The fraction of sp³-hybridized carbons (Fsp3) is 0.889. The van der Waals surface area contributed by atoms with E-state index in [1.54, 1.807) is 0 Å². The van der Waals surface area contributed by atoms with E-state index in [2.05, 4.69) is 0 Å². The zero-order chi connectivity index (χ0) is 10.4. The number of nitrogens with two attached hydrogens (primary N) is 2. The monoisotopic (exact) mass is 202 g/mol. The van der Waals surface area contributed by atoms with Crippen LogP contribution in [0.1, 0.15) is 19.3 Å². The second kappa shape index (κ2) is 5.95. The number of primary amides is 1. The number of hydrogen-bond acceptors (Lipinski definition) is 4. The third-order valence-electron chi connectivity index (χ3n) is 2.24. The van der Waals surface area contributed by atoms with Gasteiger partial charge < -0.3 is 20.9 Å². The molecule has 0 aromatic carbocycles. The summed E-state index contributed by atoms with van der Waals surface area (Å²) in [5.41, 5.74) is 10.4. The molecule has 0 aliphatic carbocycles. The first-order valence-electron chi connectivity index (χ1n) is 4.94. The van der Waals surface area contributed by atoms with Crippen LogP contribution >= 0.6 is 0 Å². The van der Waals surface area contributed by atoms with Crippen molar-refractivity contribution in [2.24, 2.45) is 11.5 Å². The highest BCUT2D eigenvalue weighted by Gasteiger charge is 2.15. The van der Waals surface area contributed by atoms with Crippen LogP contribution in [0.3, 0.4) is 0 Å². The van der Waals surface area contributed by atoms with E-state index < -0.39 is 11.9 Å². The first-order valence-corrected chi connectivity index (χ1v) is 4.94. The molecule has 0 saturated carbocycles. The van der Waals surface area contributed by atoms with Gasteiger partial charge in [0.05, 0.1) is 19.3 Å². The molecule has 1 saturated heterocycles. The van der Waals surface area contributed by atoms with Gasteiger partial charge in [0, 0.05) is 6.61 Å². The molecule has 0 aromatic rings. The van der Waals surface area contributed by atoms with Crippen LogP contribution in [0.25, 0.3) is 0 Å². The lowest BCUT2D eigenvalue weighted by Crippen LogP contribution is -2.41. The molecule has 1 heterocycles. The Morgan fingerprint density at radius 2 is 2.36 bits per heavy atom. The second-order valence-electron chi connectivity index (χ2n) is 3.53. The zero-order valence-electron chi connectivity index (χ0n) is 8.28. The van der Waals surface area contributed by atoms with Gasteiger partial charge in [0.1, 0.15) is 6.04 Å². The quantitative estimate of drug-likeness (QED) is 0.622. The van der Waals surface area contributed by atoms with Crippen LogP contribution in [-0.2, 0) is 14.3 Å². The average molecular weight is 202 g/mol. The summed E-state index contributed by atoms with van der Waals surface area (Å²) in [6, 6.07) is -0.710. The summed E-state index contributed by atoms with van der Waals surface area (Å²) in [5, 5.41) is 0. The number of hydrogen-bond donors (Lipinski definition) is 2. The number of carbonyl (C=O) groups excluding carboxylic acids is 1. The number of rotatable bonds is 5. The molecule has 5 heteroatoms. The highest BCUT2D eigenvalue weighted by molar-refractivity contribution is 5.79. The molecule has 1 amide bonds. The minimum absolute atomic E-state index is 0.156. The van der Waals surface area contributed by atoms with Gasteiger partial charge in [0.25, 0.3) is 0 Å². The summed E-state index contributed by atoms with van der Waals surface area (Å²) in [7, 11) is 0. The zero-order valence-corrected chi connectivity index (χ0v) is 8.28. The normalized spacial score (nSPS) is 24.5. The van der Waals surface area contributed by atoms with Crippen molar-refractivity contribution in [3.8, 4) is 0 Å². The molecule has 5 nitrogen and oxygen atoms in total. The summed E-state index contributed by atoms with van der Waals surface area (Å²) >= 11 is 0. The Kier molecular flexibility index (Phi) is 4.86. The molecule has 0 radical (unpaired) electrons. The molecule has 1 fully saturated rings. The number of ether oxygens (including phenoxy) is 2. The van der Waals surface area contributed by atoms with Gasteiger partial charge in [-0.1, -0.05) is 0 Å². The Morgan fingerprint density at radius 3 is 2.93 bits per heavy atom. The average Bonchev–Trinajstić information content (AvgIpc) is 2.19.